The Morgan fingerprint density at radius 1 is 1.58 bits per heavy atom. The van der Waals surface area contributed by atoms with E-state index < -0.39 is 6.22 Å². The largest absolute Gasteiger partial charge is 0.495 e. The van der Waals surface area contributed by atoms with Gasteiger partial charge >= 0.3 is 6.22 Å². The number of carbonyl (C=O) groups excluding carboxylic acids is 1. The van der Waals surface area contributed by atoms with Crippen molar-refractivity contribution in [2.75, 3.05) is 31.8 Å². The second-order valence-electron chi connectivity index (χ2n) is 3.22. The van der Waals surface area contributed by atoms with E-state index in [0.717, 1.165) is 15.6 Å². The van der Waals surface area contributed by atoms with Gasteiger partial charge in [0.05, 0.1) is 27.2 Å². The molecule has 0 aromatic carbocycles. The lowest BCUT2D eigenvalue weighted by Crippen LogP contribution is -2.39. The summed E-state index contributed by atoms with van der Waals surface area (Å²) in [5.41, 5.74) is 0. The van der Waals surface area contributed by atoms with Crippen molar-refractivity contribution in [2.24, 2.45) is 0 Å². The minimum Gasteiger partial charge on any atom is -0.440 e. The summed E-state index contributed by atoms with van der Waals surface area (Å²) in [4.78, 5) is 9.74. The first-order valence-corrected chi connectivity index (χ1v) is 5.21. The molecule has 0 bridgehead atoms. The summed E-state index contributed by atoms with van der Waals surface area (Å²) in [5, 5.41) is 0. The van der Waals surface area contributed by atoms with Crippen molar-refractivity contribution in [2.45, 2.75) is 6.42 Å². The van der Waals surface area contributed by atoms with Crippen LogP contribution in [0.4, 0.5) is 9.18 Å². The number of alkyl halides is 1. The monoisotopic (exact) mass is 290 g/mol. The molecule has 3 nitrogen and oxygen atoms in total. The highest BCUT2D eigenvalue weighted by Gasteiger charge is 2.11. The lowest BCUT2D eigenvalue weighted by Gasteiger charge is -2.26. The predicted molar refractivity (Wildman–Crippen MR) is 52.9 cm³/mol. The molecular formula is C7H14FINO2+. The van der Waals surface area contributed by atoms with Gasteiger partial charge in [-0.3, -0.25) is 0 Å². The minimum atomic E-state index is -1.69. The molecular weight excluding hydrogens is 276 g/mol. The molecule has 0 saturated carbocycles. The molecule has 0 atom stereocenters. The van der Waals surface area contributed by atoms with Crippen molar-refractivity contribution >= 4 is 28.8 Å². The molecule has 0 spiro atoms. The van der Waals surface area contributed by atoms with Crippen LogP contribution >= 0.6 is 22.6 Å². The molecule has 72 valence electrons. The van der Waals surface area contributed by atoms with Gasteiger partial charge in [0.25, 0.3) is 0 Å². The number of nitrogens with zero attached hydrogens (tertiary/aromatic N) is 1. The highest BCUT2D eigenvalue weighted by atomic mass is 127. The summed E-state index contributed by atoms with van der Waals surface area (Å²) in [6.07, 6.45) is -0.985. The Hall–Kier alpha value is 0.0900. The molecule has 0 N–H and O–H groups in total. The van der Waals surface area contributed by atoms with Crippen LogP contribution in [0.15, 0.2) is 0 Å². The van der Waals surface area contributed by atoms with Gasteiger partial charge in [0.15, 0.2) is 0 Å². The predicted octanol–water partition coefficient (Wildman–Crippen LogP) is 1.95. The van der Waals surface area contributed by atoms with E-state index in [2.05, 4.69) is 41.4 Å². The first-order chi connectivity index (χ1) is 5.48. The summed E-state index contributed by atoms with van der Waals surface area (Å²) in [6, 6.07) is 0. The molecule has 0 rings (SSSR count). The maximum absolute atomic E-state index is 11.5. The van der Waals surface area contributed by atoms with Crippen molar-refractivity contribution in [3.8, 4) is 0 Å². The molecule has 0 aromatic heterocycles. The molecule has 0 radical (unpaired) electrons. The van der Waals surface area contributed by atoms with Crippen LogP contribution in [-0.4, -0.2) is 42.5 Å². The number of rotatable bonds is 5. The van der Waals surface area contributed by atoms with Crippen LogP contribution in [0.2, 0.25) is 0 Å². The second kappa shape index (κ2) is 5.69. The number of quaternary nitrogens is 1. The van der Waals surface area contributed by atoms with Crippen molar-refractivity contribution < 1.29 is 18.4 Å². The van der Waals surface area contributed by atoms with Gasteiger partial charge in [-0.15, -0.1) is 4.39 Å². The van der Waals surface area contributed by atoms with Gasteiger partial charge in [0.1, 0.15) is 4.55 Å². The molecule has 0 aliphatic heterocycles. The van der Waals surface area contributed by atoms with Crippen molar-refractivity contribution in [3.05, 3.63) is 0 Å². The zero-order valence-electron chi connectivity index (χ0n) is 7.35. The second-order valence-corrected chi connectivity index (χ2v) is 3.90. The van der Waals surface area contributed by atoms with Crippen molar-refractivity contribution in [1.29, 1.82) is 0 Å². The van der Waals surface area contributed by atoms with Gasteiger partial charge in [0, 0.05) is 6.42 Å². The van der Waals surface area contributed by atoms with Crippen LogP contribution in [0, 0.1) is 0 Å². The molecule has 12 heavy (non-hydrogen) atoms. The van der Waals surface area contributed by atoms with E-state index in [-0.39, 0.29) is 6.61 Å². The number of halogens is 2. The lowest BCUT2D eigenvalue weighted by atomic mass is 10.4. The topological polar surface area (TPSA) is 26.3 Å². The van der Waals surface area contributed by atoms with Crippen LogP contribution in [0.1, 0.15) is 6.42 Å². The molecule has 0 aliphatic rings. The van der Waals surface area contributed by atoms with E-state index in [9.17, 15) is 9.18 Å². The fourth-order valence-electron chi connectivity index (χ4n) is 0.705. The zero-order chi connectivity index (χ0) is 9.61. The Morgan fingerprint density at radius 2 is 2.17 bits per heavy atom. The summed E-state index contributed by atoms with van der Waals surface area (Å²) >= 11 is 2.29. The summed E-state index contributed by atoms with van der Waals surface area (Å²) < 4.78 is 17.5. The molecule has 0 heterocycles. The number of hydrogen-bond donors (Lipinski definition) is 0. The Morgan fingerprint density at radius 3 is 2.58 bits per heavy atom. The van der Waals surface area contributed by atoms with Gasteiger partial charge in [-0.05, 0) is 22.6 Å². The van der Waals surface area contributed by atoms with E-state index in [1.54, 1.807) is 0 Å². The average molecular weight is 290 g/mol. The number of hydrogen-bond acceptors (Lipinski definition) is 2. The van der Waals surface area contributed by atoms with E-state index in [1.165, 1.54) is 0 Å². The van der Waals surface area contributed by atoms with E-state index in [0.29, 0.717) is 6.42 Å². The highest BCUT2D eigenvalue weighted by molar-refractivity contribution is 14.1. The molecule has 0 amide bonds. The molecule has 0 fully saturated rings. The van der Waals surface area contributed by atoms with E-state index >= 15 is 0 Å². The van der Waals surface area contributed by atoms with Crippen molar-refractivity contribution in [1.82, 2.24) is 0 Å². The van der Waals surface area contributed by atoms with Crippen molar-refractivity contribution in [3.63, 3.8) is 0 Å². The lowest BCUT2D eigenvalue weighted by molar-refractivity contribution is -0.874. The van der Waals surface area contributed by atoms with Gasteiger partial charge in [-0.1, -0.05) is 0 Å². The summed E-state index contributed by atoms with van der Waals surface area (Å²) in [6.45, 7) is 1.06. The maximum atomic E-state index is 11.5. The highest BCUT2D eigenvalue weighted by Crippen LogP contribution is 2.03. The Kier molecular flexibility index (Phi) is 5.73. The van der Waals surface area contributed by atoms with Crippen LogP contribution in [0.5, 0.6) is 0 Å². The number of carbonyl (C=O) groups is 1. The third kappa shape index (κ3) is 6.78. The summed E-state index contributed by atoms with van der Waals surface area (Å²) in [7, 11) is 4.15. The van der Waals surface area contributed by atoms with Crippen LogP contribution in [0.3, 0.4) is 0 Å². The first-order valence-electron chi connectivity index (χ1n) is 3.68. The van der Waals surface area contributed by atoms with E-state index in [4.69, 9.17) is 0 Å². The fraction of sp³-hybridized carbons (Fsp3) is 0.857. The molecule has 0 saturated heterocycles. The Balaban J connectivity index is 3.37. The maximum Gasteiger partial charge on any atom is 0.495 e. The standard InChI is InChI=1S/C7H14FINO2/c1-10(2,6-9)4-3-5-12-7(8)11/h3-6H2,1-2H3/q+1. The smallest absolute Gasteiger partial charge is 0.440 e. The van der Waals surface area contributed by atoms with Crippen LogP contribution < -0.4 is 0 Å². The summed E-state index contributed by atoms with van der Waals surface area (Å²) in [5.74, 6) is 0. The fourth-order valence-corrected chi connectivity index (χ4v) is 1.05. The molecule has 0 aromatic rings. The third-order valence-electron chi connectivity index (χ3n) is 1.45. The van der Waals surface area contributed by atoms with E-state index in [1.807, 2.05) is 0 Å². The van der Waals surface area contributed by atoms with Gasteiger partial charge in [-0.25, -0.2) is 4.79 Å². The molecule has 0 aliphatic carbocycles. The third-order valence-corrected chi connectivity index (χ3v) is 3.29. The van der Waals surface area contributed by atoms with Gasteiger partial charge in [0.2, 0.25) is 0 Å². The SMILES string of the molecule is C[N+](C)(CI)CCCOC(=O)F. The normalized spacial score (nSPS) is 11.3. The first kappa shape index (κ1) is 12.1. The minimum absolute atomic E-state index is 0.174. The average Bonchev–Trinajstić information content (AvgIpc) is 1.98. The van der Waals surface area contributed by atoms with Crippen LogP contribution in [-0.2, 0) is 4.74 Å². The van der Waals surface area contributed by atoms with Crippen LogP contribution in [0.25, 0.3) is 0 Å². The molecule has 0 unspecified atom stereocenters. The van der Waals surface area contributed by atoms with Gasteiger partial charge in [-0.2, -0.15) is 0 Å². The zero-order valence-corrected chi connectivity index (χ0v) is 9.51. The number of ether oxygens (including phenoxy) is 1. The quantitative estimate of drug-likeness (QED) is 0.193. The van der Waals surface area contributed by atoms with Gasteiger partial charge < -0.3 is 9.22 Å². The Labute approximate surface area is 85.6 Å². The molecule has 5 heteroatoms. The Bertz CT molecular complexity index is 152.